The van der Waals surface area contributed by atoms with Gasteiger partial charge >= 0.3 is 5.92 Å². The minimum Gasteiger partial charge on any atom is -0.194 e. The summed E-state index contributed by atoms with van der Waals surface area (Å²) in [6.45, 7) is 0. The lowest BCUT2D eigenvalue weighted by Crippen LogP contribution is -2.14. The Bertz CT molecular complexity index is 269. The average molecular weight is 172 g/mol. The Morgan fingerprint density at radius 3 is 2.25 bits per heavy atom. The molecule has 12 heavy (non-hydrogen) atoms. The number of rotatable bonds is 2. The van der Waals surface area contributed by atoms with Crippen molar-refractivity contribution in [3.8, 4) is 0 Å². The van der Waals surface area contributed by atoms with Crippen molar-refractivity contribution in [2.24, 2.45) is 5.21 Å². The Kier molecular flexibility index (Phi) is 2.47. The third-order valence-corrected chi connectivity index (χ3v) is 1.32. The van der Waals surface area contributed by atoms with Crippen molar-refractivity contribution in [2.45, 2.75) is 5.92 Å². The van der Waals surface area contributed by atoms with Crippen LogP contribution >= 0.6 is 0 Å². The van der Waals surface area contributed by atoms with Gasteiger partial charge in [0.1, 0.15) is 0 Å². The van der Waals surface area contributed by atoms with Gasteiger partial charge in [0.15, 0.2) is 6.21 Å². The van der Waals surface area contributed by atoms with Crippen LogP contribution in [0.5, 0.6) is 0 Å². The summed E-state index contributed by atoms with van der Waals surface area (Å²) in [5.74, 6) is -3.45. The summed E-state index contributed by atoms with van der Waals surface area (Å²) in [4.78, 5) is 0. The van der Waals surface area contributed by atoms with Gasteiger partial charge in [-0.1, -0.05) is 40.0 Å². The number of hydrogen-bond acceptors (Lipinski definition) is 1. The van der Waals surface area contributed by atoms with Crippen molar-refractivity contribution >= 4 is 6.21 Å². The molecule has 4 heteroatoms. The summed E-state index contributed by atoms with van der Waals surface area (Å²) in [6, 6.07) is 6.81. The van der Waals surface area contributed by atoms with Crippen molar-refractivity contribution in [1.82, 2.24) is 0 Å². The molecule has 0 N–H and O–H groups in total. The van der Waals surface area contributed by atoms with E-state index in [1.807, 2.05) is 0 Å². The third kappa shape index (κ3) is 1.84. The molecular weight excluding hydrogens is 167 g/mol. The molecule has 0 spiro atoms. The topological polar surface area (TPSA) is 12.4 Å². The van der Waals surface area contributed by atoms with Crippen molar-refractivity contribution in [2.75, 3.05) is 0 Å². The predicted molar refractivity (Wildman–Crippen MR) is 38.9 cm³/mol. The fourth-order valence-corrected chi connectivity index (χ4v) is 0.765. The molecule has 1 aromatic rings. The van der Waals surface area contributed by atoms with E-state index in [9.17, 15) is 13.3 Å². The van der Waals surface area contributed by atoms with Crippen LogP contribution in [0.4, 0.5) is 13.3 Å². The Morgan fingerprint density at radius 2 is 1.75 bits per heavy atom. The minimum absolute atomic E-state index is 0.327. The van der Waals surface area contributed by atoms with E-state index in [2.05, 4.69) is 0 Å². The first kappa shape index (κ1) is 8.77. The van der Waals surface area contributed by atoms with Gasteiger partial charge in [-0.3, -0.25) is 0 Å². The monoisotopic (exact) mass is 172 g/mol. The zero-order valence-corrected chi connectivity index (χ0v) is 5.97. The van der Waals surface area contributed by atoms with E-state index in [0.717, 1.165) is 6.21 Å². The highest BCUT2D eigenvalue weighted by Gasteiger charge is 2.30. The normalized spacial score (nSPS) is 12.2. The maximum absolute atomic E-state index is 12.7. The van der Waals surface area contributed by atoms with Gasteiger partial charge in [0.05, 0.1) is 0 Å². The largest absolute Gasteiger partial charge is 0.319 e. The Balaban J connectivity index is 2.97. The molecule has 1 nitrogen and oxygen atoms in total. The standard InChI is InChI=1S/C8H5F3N/c9-8(10,6-12-11)7-4-2-1-3-5-7/h1-5H. The lowest BCUT2D eigenvalue weighted by molar-refractivity contribution is 0.0803. The van der Waals surface area contributed by atoms with E-state index in [1.165, 1.54) is 24.3 Å². The molecule has 0 fully saturated rings. The number of halogens is 3. The zero-order chi connectivity index (χ0) is 9.03. The Hall–Kier alpha value is -1.32. The van der Waals surface area contributed by atoms with Gasteiger partial charge in [0, 0.05) is 5.56 Å². The molecule has 1 aromatic carbocycles. The highest BCUT2D eigenvalue weighted by Crippen LogP contribution is 2.25. The zero-order valence-electron chi connectivity index (χ0n) is 5.97. The second-order valence-corrected chi connectivity index (χ2v) is 2.14. The minimum atomic E-state index is -3.45. The van der Waals surface area contributed by atoms with Crippen LogP contribution in [0.15, 0.2) is 35.5 Å². The van der Waals surface area contributed by atoms with Gasteiger partial charge in [0.25, 0.3) is 0 Å². The number of hydrogen-bond donors (Lipinski definition) is 0. The summed E-state index contributed by atoms with van der Waals surface area (Å²) in [5, 5.41) is 1.68. The van der Waals surface area contributed by atoms with Crippen molar-refractivity contribution in [3.63, 3.8) is 0 Å². The van der Waals surface area contributed by atoms with Gasteiger partial charge in [-0.2, -0.15) is 8.78 Å². The van der Waals surface area contributed by atoms with Crippen molar-refractivity contribution in [3.05, 3.63) is 35.9 Å². The molecule has 0 atom stereocenters. The van der Waals surface area contributed by atoms with Crippen molar-refractivity contribution in [1.29, 1.82) is 0 Å². The van der Waals surface area contributed by atoms with Crippen LogP contribution < -0.4 is 0 Å². The van der Waals surface area contributed by atoms with Crippen LogP contribution in [0, 0.1) is 0 Å². The van der Waals surface area contributed by atoms with Crippen molar-refractivity contribution < 1.29 is 13.3 Å². The molecule has 0 amide bonds. The first-order valence-corrected chi connectivity index (χ1v) is 3.18. The van der Waals surface area contributed by atoms with E-state index < -0.39 is 5.92 Å². The second-order valence-electron chi connectivity index (χ2n) is 2.14. The van der Waals surface area contributed by atoms with Gasteiger partial charge in [-0.15, -0.1) is 0 Å². The number of benzene rings is 1. The predicted octanol–water partition coefficient (Wildman–Crippen LogP) is 2.61. The maximum Gasteiger partial charge on any atom is 0.319 e. The molecule has 0 unspecified atom stereocenters. The molecule has 0 saturated heterocycles. The van der Waals surface area contributed by atoms with Gasteiger partial charge in [-0.25, -0.2) is 0 Å². The maximum atomic E-state index is 12.7. The van der Waals surface area contributed by atoms with Gasteiger partial charge in [-0.05, 0) is 0 Å². The Morgan fingerprint density at radius 1 is 1.17 bits per heavy atom. The third-order valence-electron chi connectivity index (χ3n) is 1.32. The highest BCUT2D eigenvalue weighted by atomic mass is 19.3. The molecule has 0 aliphatic heterocycles. The average Bonchev–Trinajstić information content (AvgIpc) is 2.06. The molecular formula is C8H5F3N. The van der Waals surface area contributed by atoms with Crippen LogP contribution in [0.25, 0.3) is 0 Å². The fourth-order valence-electron chi connectivity index (χ4n) is 0.765. The first-order chi connectivity index (χ1) is 5.67. The summed E-state index contributed by atoms with van der Waals surface area (Å²) in [5.41, 5.74) is -0.327. The second kappa shape index (κ2) is 3.38. The van der Waals surface area contributed by atoms with Crippen LogP contribution in [0.2, 0.25) is 0 Å². The van der Waals surface area contributed by atoms with E-state index in [4.69, 9.17) is 0 Å². The highest BCUT2D eigenvalue weighted by molar-refractivity contribution is 5.68. The molecule has 0 aromatic heterocycles. The number of alkyl halides is 2. The molecule has 0 saturated carbocycles. The Labute approximate surface area is 67.5 Å². The summed E-state index contributed by atoms with van der Waals surface area (Å²) in [6.07, 6.45) is 1.06. The molecule has 0 aliphatic carbocycles. The summed E-state index contributed by atoms with van der Waals surface area (Å²) < 4.78 is 36.6. The summed E-state index contributed by atoms with van der Waals surface area (Å²) in [7, 11) is 0. The molecule has 63 valence electrons. The van der Waals surface area contributed by atoms with E-state index in [0.29, 0.717) is 0 Å². The molecule has 1 rings (SSSR count). The van der Waals surface area contributed by atoms with E-state index >= 15 is 0 Å². The van der Waals surface area contributed by atoms with Crippen LogP contribution in [-0.2, 0) is 5.92 Å². The van der Waals surface area contributed by atoms with Gasteiger partial charge < -0.3 is 0 Å². The van der Waals surface area contributed by atoms with Gasteiger partial charge in [0.2, 0.25) is 0 Å². The van der Waals surface area contributed by atoms with Crippen LogP contribution in [0.1, 0.15) is 5.56 Å². The SMILES string of the molecule is F/N=[C]/C(F)(F)c1ccccc1. The quantitative estimate of drug-likeness (QED) is 0.608. The number of nitrogens with zero attached hydrogens (tertiary/aromatic N) is 1. The molecule has 0 heterocycles. The fraction of sp³-hybridized carbons (Fsp3) is 0.125. The summed E-state index contributed by atoms with van der Waals surface area (Å²) >= 11 is 0. The van der Waals surface area contributed by atoms with Crippen LogP contribution in [-0.4, -0.2) is 6.21 Å². The molecule has 0 aliphatic rings. The van der Waals surface area contributed by atoms with E-state index in [-0.39, 0.29) is 5.56 Å². The molecule has 0 bridgehead atoms. The first-order valence-electron chi connectivity index (χ1n) is 3.18. The smallest absolute Gasteiger partial charge is 0.194 e. The lowest BCUT2D eigenvalue weighted by Gasteiger charge is -2.07. The molecule has 1 radical (unpaired) electrons. The van der Waals surface area contributed by atoms with Crippen LogP contribution in [0.3, 0.4) is 0 Å². The lowest BCUT2D eigenvalue weighted by atomic mass is 10.1. The van der Waals surface area contributed by atoms with E-state index in [1.54, 1.807) is 11.3 Å².